The first-order chi connectivity index (χ1) is 14.6. The summed E-state index contributed by atoms with van der Waals surface area (Å²) in [6, 6.07) is 20.8. The van der Waals surface area contributed by atoms with Crippen LogP contribution in [0.3, 0.4) is 0 Å². The van der Waals surface area contributed by atoms with Crippen molar-refractivity contribution < 1.29 is 18.3 Å². The number of fused-ring (bicyclic) bond motifs is 1. The second kappa shape index (κ2) is 9.08. The van der Waals surface area contributed by atoms with Crippen molar-refractivity contribution in [3.63, 3.8) is 0 Å². The van der Waals surface area contributed by atoms with Crippen LogP contribution in [-0.4, -0.2) is 12.1 Å². The van der Waals surface area contributed by atoms with E-state index in [2.05, 4.69) is 33.1 Å². The molecular formula is C23H16FIN2O3. The van der Waals surface area contributed by atoms with Crippen molar-refractivity contribution >= 4 is 45.7 Å². The molecule has 0 bridgehead atoms. The molecule has 3 aromatic carbocycles. The lowest BCUT2D eigenvalue weighted by atomic mass is 10.2. The van der Waals surface area contributed by atoms with Crippen molar-refractivity contribution in [2.45, 2.75) is 6.61 Å². The highest BCUT2D eigenvalue weighted by atomic mass is 127. The fraction of sp³-hybridized carbons (Fsp3) is 0.0435. The monoisotopic (exact) mass is 514 g/mol. The van der Waals surface area contributed by atoms with E-state index >= 15 is 0 Å². The minimum atomic E-state index is -0.420. The third kappa shape index (κ3) is 4.85. The van der Waals surface area contributed by atoms with E-state index in [1.807, 2.05) is 36.4 Å². The lowest BCUT2D eigenvalue weighted by Gasteiger charge is -2.09. The number of amides is 1. The second-order valence-corrected chi connectivity index (χ2v) is 7.61. The van der Waals surface area contributed by atoms with Crippen LogP contribution in [-0.2, 0) is 6.61 Å². The van der Waals surface area contributed by atoms with Crippen LogP contribution in [0.5, 0.6) is 5.75 Å². The predicted molar refractivity (Wildman–Crippen MR) is 121 cm³/mol. The molecule has 4 rings (SSSR count). The van der Waals surface area contributed by atoms with Gasteiger partial charge < -0.3 is 9.15 Å². The fourth-order valence-electron chi connectivity index (χ4n) is 2.77. The summed E-state index contributed by atoms with van der Waals surface area (Å²) in [5.41, 5.74) is 4.80. The number of hydrogen-bond acceptors (Lipinski definition) is 4. The predicted octanol–water partition coefficient (Wildman–Crippen LogP) is 5.52. The average molecular weight is 514 g/mol. The van der Waals surface area contributed by atoms with Crippen molar-refractivity contribution in [1.82, 2.24) is 5.43 Å². The standard InChI is InChI=1S/C23H16FIN2O3/c24-18-8-5-15(6-9-18)14-29-21-10-7-16(11-19(21)25)13-26-27-23(28)22-12-17-3-1-2-4-20(17)30-22/h1-13H,14H2,(H,27,28)/b26-13+. The lowest BCUT2D eigenvalue weighted by Crippen LogP contribution is -2.16. The van der Waals surface area contributed by atoms with Crippen molar-refractivity contribution in [3.05, 3.63) is 99.1 Å². The Morgan fingerprint density at radius 3 is 2.67 bits per heavy atom. The van der Waals surface area contributed by atoms with Crippen LogP contribution < -0.4 is 10.2 Å². The Labute approximate surface area is 185 Å². The molecule has 150 valence electrons. The molecule has 4 aromatic rings. The molecule has 0 aliphatic rings. The Morgan fingerprint density at radius 2 is 1.90 bits per heavy atom. The van der Waals surface area contributed by atoms with E-state index in [0.717, 1.165) is 20.1 Å². The highest BCUT2D eigenvalue weighted by Crippen LogP contribution is 2.23. The van der Waals surface area contributed by atoms with Gasteiger partial charge in [0.1, 0.15) is 23.8 Å². The summed E-state index contributed by atoms with van der Waals surface area (Å²) in [6.07, 6.45) is 1.55. The first-order valence-electron chi connectivity index (χ1n) is 9.07. The van der Waals surface area contributed by atoms with E-state index in [4.69, 9.17) is 9.15 Å². The molecule has 0 radical (unpaired) electrons. The molecule has 1 amide bonds. The molecule has 7 heteroatoms. The zero-order chi connectivity index (χ0) is 20.9. The number of rotatable bonds is 6. The molecule has 1 aromatic heterocycles. The Balaban J connectivity index is 1.36. The van der Waals surface area contributed by atoms with Gasteiger partial charge in [0, 0.05) is 5.39 Å². The molecule has 1 N–H and O–H groups in total. The molecule has 0 spiro atoms. The van der Waals surface area contributed by atoms with Crippen LogP contribution >= 0.6 is 22.6 Å². The van der Waals surface area contributed by atoms with Crippen molar-refractivity contribution in [2.24, 2.45) is 5.10 Å². The van der Waals surface area contributed by atoms with Gasteiger partial charge in [0.15, 0.2) is 5.76 Å². The highest BCUT2D eigenvalue weighted by Gasteiger charge is 2.11. The van der Waals surface area contributed by atoms with Crippen LogP contribution in [0.25, 0.3) is 11.0 Å². The Hall–Kier alpha value is -3.20. The molecule has 0 atom stereocenters. The van der Waals surface area contributed by atoms with Crippen LogP contribution in [0.2, 0.25) is 0 Å². The minimum absolute atomic E-state index is 0.201. The molecule has 30 heavy (non-hydrogen) atoms. The molecule has 0 saturated heterocycles. The normalized spacial score (nSPS) is 11.1. The average Bonchev–Trinajstić information content (AvgIpc) is 3.19. The number of carbonyl (C=O) groups excluding carboxylic acids is 1. The topological polar surface area (TPSA) is 63.8 Å². The maximum atomic E-state index is 13.0. The van der Waals surface area contributed by atoms with E-state index in [1.165, 1.54) is 12.1 Å². The van der Waals surface area contributed by atoms with Gasteiger partial charge >= 0.3 is 5.91 Å². The van der Waals surface area contributed by atoms with Gasteiger partial charge in [-0.15, -0.1) is 0 Å². The second-order valence-electron chi connectivity index (χ2n) is 6.45. The number of hydrogen-bond donors (Lipinski definition) is 1. The van der Waals surface area contributed by atoms with Crippen molar-refractivity contribution in [1.29, 1.82) is 0 Å². The van der Waals surface area contributed by atoms with Gasteiger partial charge in [-0.3, -0.25) is 4.79 Å². The Bertz CT molecular complexity index is 1190. The van der Waals surface area contributed by atoms with E-state index in [9.17, 15) is 9.18 Å². The third-order valence-corrected chi connectivity index (χ3v) is 5.14. The van der Waals surface area contributed by atoms with E-state index in [1.54, 1.807) is 30.5 Å². The van der Waals surface area contributed by atoms with Gasteiger partial charge in [-0.1, -0.05) is 30.3 Å². The zero-order valence-electron chi connectivity index (χ0n) is 15.6. The van der Waals surface area contributed by atoms with Gasteiger partial charge in [-0.2, -0.15) is 5.10 Å². The van der Waals surface area contributed by atoms with Crippen LogP contribution in [0.1, 0.15) is 21.7 Å². The maximum absolute atomic E-state index is 13.0. The number of benzene rings is 3. The maximum Gasteiger partial charge on any atom is 0.307 e. The summed E-state index contributed by atoms with van der Waals surface area (Å²) in [7, 11) is 0. The molecular weight excluding hydrogens is 498 g/mol. The number of nitrogens with one attached hydrogen (secondary N) is 1. The number of furan rings is 1. The molecule has 5 nitrogen and oxygen atoms in total. The largest absolute Gasteiger partial charge is 0.488 e. The summed E-state index contributed by atoms with van der Waals surface area (Å²) >= 11 is 2.17. The lowest BCUT2D eigenvalue weighted by molar-refractivity contribution is 0.0929. The molecule has 1 heterocycles. The van der Waals surface area contributed by atoms with Gasteiger partial charge in [0.2, 0.25) is 0 Å². The van der Waals surface area contributed by atoms with Gasteiger partial charge in [-0.05, 0) is 76.2 Å². The van der Waals surface area contributed by atoms with Crippen LogP contribution in [0.15, 0.2) is 82.3 Å². The SMILES string of the molecule is O=C(N/N=C/c1ccc(OCc2ccc(F)cc2)c(I)c1)c1cc2ccccc2o1. The van der Waals surface area contributed by atoms with E-state index in [-0.39, 0.29) is 11.6 Å². The number of ether oxygens (including phenoxy) is 1. The number of nitrogens with zero attached hydrogens (tertiary/aromatic N) is 1. The van der Waals surface area contributed by atoms with Crippen molar-refractivity contribution in [2.75, 3.05) is 0 Å². The van der Waals surface area contributed by atoms with Crippen LogP contribution in [0.4, 0.5) is 4.39 Å². The Kier molecular flexibility index (Phi) is 6.08. The van der Waals surface area contributed by atoms with E-state index < -0.39 is 5.91 Å². The third-order valence-electron chi connectivity index (χ3n) is 4.29. The number of hydrazone groups is 1. The summed E-state index contributed by atoms with van der Waals surface area (Å²) in [4.78, 5) is 12.2. The van der Waals surface area contributed by atoms with Crippen LogP contribution in [0, 0.1) is 9.39 Å². The van der Waals surface area contributed by atoms with Crippen molar-refractivity contribution in [3.8, 4) is 5.75 Å². The smallest absolute Gasteiger partial charge is 0.307 e. The minimum Gasteiger partial charge on any atom is -0.488 e. The summed E-state index contributed by atoms with van der Waals surface area (Å²) in [5, 5.41) is 4.86. The summed E-state index contributed by atoms with van der Waals surface area (Å²) < 4.78 is 25.2. The first-order valence-corrected chi connectivity index (χ1v) is 10.2. The van der Waals surface area contributed by atoms with Gasteiger partial charge in [0.05, 0.1) is 9.78 Å². The van der Waals surface area contributed by atoms with Gasteiger partial charge in [0.25, 0.3) is 0 Å². The molecule has 0 unspecified atom stereocenters. The van der Waals surface area contributed by atoms with Gasteiger partial charge in [-0.25, -0.2) is 9.82 Å². The highest BCUT2D eigenvalue weighted by molar-refractivity contribution is 14.1. The molecule has 0 aliphatic carbocycles. The molecule has 0 fully saturated rings. The zero-order valence-corrected chi connectivity index (χ0v) is 17.8. The first kappa shape index (κ1) is 20.1. The molecule has 0 aliphatic heterocycles. The Morgan fingerprint density at radius 1 is 1.10 bits per heavy atom. The number of carbonyl (C=O) groups is 1. The summed E-state index contributed by atoms with van der Waals surface area (Å²) in [5.74, 6) is 0.219. The number of para-hydroxylation sites is 1. The quantitative estimate of drug-likeness (QED) is 0.210. The van der Waals surface area contributed by atoms with E-state index in [0.29, 0.717) is 17.9 Å². The number of halogens is 2. The summed E-state index contributed by atoms with van der Waals surface area (Å²) in [6.45, 7) is 0.345. The fourth-order valence-corrected chi connectivity index (χ4v) is 3.47. The molecule has 0 saturated carbocycles.